The molecule has 1 aromatic heterocycles. The van der Waals surface area contributed by atoms with Gasteiger partial charge in [0.05, 0.1) is 6.10 Å². The van der Waals surface area contributed by atoms with Gasteiger partial charge in [0, 0.05) is 43.3 Å². The number of likely N-dealkylation sites (tertiary alicyclic amines) is 1. The van der Waals surface area contributed by atoms with Gasteiger partial charge in [-0.05, 0) is 55.9 Å². The third-order valence-corrected chi connectivity index (χ3v) is 5.08. The average Bonchev–Trinajstić information content (AvgIpc) is 3.03. The van der Waals surface area contributed by atoms with E-state index >= 15 is 0 Å². The highest BCUT2D eigenvalue weighted by Crippen LogP contribution is 2.28. The van der Waals surface area contributed by atoms with Gasteiger partial charge in [0.2, 0.25) is 0 Å². The van der Waals surface area contributed by atoms with Crippen LogP contribution in [-0.4, -0.2) is 35.7 Å². The molecule has 0 radical (unpaired) electrons. The molecular weight excluding hydrogens is 284 g/mol. The average molecular weight is 314 g/mol. The fraction of sp³-hybridized carbons (Fsp3) is 0.600. The number of fused-ring (bicyclic) bond motifs is 1. The summed E-state index contributed by atoms with van der Waals surface area (Å²) in [4.78, 5) is 6.02. The Bertz CT molecular complexity index is 638. The number of aromatic amines is 1. The van der Waals surface area contributed by atoms with Crippen molar-refractivity contribution in [3.8, 4) is 0 Å². The predicted octanol–water partition coefficient (Wildman–Crippen LogP) is 4.43. The Morgan fingerprint density at radius 3 is 2.74 bits per heavy atom. The molecule has 0 saturated carbocycles. The minimum atomic E-state index is 0.469. The number of ether oxygens (including phenoxy) is 1. The predicted molar refractivity (Wildman–Crippen MR) is 97.0 cm³/mol. The first kappa shape index (κ1) is 16.5. The van der Waals surface area contributed by atoms with Gasteiger partial charge in [-0.1, -0.05) is 19.4 Å². The van der Waals surface area contributed by atoms with Crippen LogP contribution in [0.2, 0.25) is 0 Å². The van der Waals surface area contributed by atoms with Crippen LogP contribution >= 0.6 is 0 Å². The Kier molecular flexibility index (Phi) is 5.39. The third-order valence-electron chi connectivity index (χ3n) is 5.08. The Morgan fingerprint density at radius 2 is 2.04 bits per heavy atom. The van der Waals surface area contributed by atoms with Crippen LogP contribution in [0.25, 0.3) is 10.9 Å². The molecule has 23 heavy (non-hydrogen) atoms. The summed E-state index contributed by atoms with van der Waals surface area (Å²) in [6, 6.07) is 4.65. The standard InChI is InChI=1S/C20H30N2O/c1-4-6-16-13-15(3)20-18(7-10-21-20)19(16)14-22-11-8-17(9-12-22)23-5-2/h7,10,13,17,21H,4-6,8-9,11-12,14H2,1-3H3. The molecule has 126 valence electrons. The molecule has 0 bridgehead atoms. The zero-order valence-electron chi connectivity index (χ0n) is 14.8. The fourth-order valence-corrected chi connectivity index (χ4v) is 3.91. The van der Waals surface area contributed by atoms with Crippen molar-refractivity contribution >= 4 is 10.9 Å². The summed E-state index contributed by atoms with van der Waals surface area (Å²) in [6.45, 7) is 10.8. The lowest BCUT2D eigenvalue weighted by Gasteiger charge is -2.32. The van der Waals surface area contributed by atoms with Gasteiger partial charge < -0.3 is 9.72 Å². The number of piperidine rings is 1. The van der Waals surface area contributed by atoms with Crippen LogP contribution in [0.5, 0.6) is 0 Å². The van der Waals surface area contributed by atoms with Gasteiger partial charge in [0.15, 0.2) is 0 Å². The largest absolute Gasteiger partial charge is 0.378 e. The maximum Gasteiger partial charge on any atom is 0.0599 e. The van der Waals surface area contributed by atoms with E-state index in [0.29, 0.717) is 6.10 Å². The van der Waals surface area contributed by atoms with Crippen LogP contribution in [0.15, 0.2) is 18.3 Å². The fourth-order valence-electron chi connectivity index (χ4n) is 3.91. The van der Waals surface area contributed by atoms with Crippen LogP contribution < -0.4 is 0 Å². The maximum atomic E-state index is 5.79. The molecule has 1 aromatic carbocycles. The van der Waals surface area contributed by atoms with Crippen molar-refractivity contribution in [2.75, 3.05) is 19.7 Å². The third kappa shape index (κ3) is 3.61. The summed E-state index contributed by atoms with van der Waals surface area (Å²) in [5.41, 5.74) is 5.74. The van der Waals surface area contributed by atoms with E-state index in [9.17, 15) is 0 Å². The van der Waals surface area contributed by atoms with E-state index in [1.165, 1.54) is 53.3 Å². The second-order valence-electron chi connectivity index (χ2n) is 6.78. The van der Waals surface area contributed by atoms with E-state index in [0.717, 1.165) is 26.2 Å². The number of hydrogen-bond acceptors (Lipinski definition) is 2. The first-order valence-electron chi connectivity index (χ1n) is 9.15. The van der Waals surface area contributed by atoms with Crippen LogP contribution in [0.4, 0.5) is 0 Å². The molecular formula is C20H30N2O. The van der Waals surface area contributed by atoms with Crippen molar-refractivity contribution in [2.24, 2.45) is 0 Å². The van der Waals surface area contributed by atoms with Gasteiger partial charge in [-0.2, -0.15) is 0 Å². The molecule has 0 atom stereocenters. The highest BCUT2D eigenvalue weighted by atomic mass is 16.5. The van der Waals surface area contributed by atoms with E-state index in [-0.39, 0.29) is 0 Å². The summed E-state index contributed by atoms with van der Waals surface area (Å²) in [6.07, 6.45) is 7.26. The topological polar surface area (TPSA) is 28.3 Å². The summed E-state index contributed by atoms with van der Waals surface area (Å²) in [5, 5.41) is 1.42. The molecule has 0 spiro atoms. The second-order valence-corrected chi connectivity index (χ2v) is 6.78. The number of nitrogens with one attached hydrogen (secondary N) is 1. The van der Waals surface area contributed by atoms with E-state index in [4.69, 9.17) is 4.74 Å². The monoisotopic (exact) mass is 314 g/mol. The Balaban J connectivity index is 1.80. The number of hydrogen-bond donors (Lipinski definition) is 1. The zero-order valence-corrected chi connectivity index (χ0v) is 14.8. The van der Waals surface area contributed by atoms with Gasteiger partial charge >= 0.3 is 0 Å². The number of rotatable bonds is 6. The smallest absolute Gasteiger partial charge is 0.0599 e. The SMILES string of the molecule is CCCc1cc(C)c2[nH]ccc2c1CN1CCC(OCC)CC1. The molecule has 0 amide bonds. The van der Waals surface area contributed by atoms with Crippen molar-refractivity contribution < 1.29 is 4.74 Å². The summed E-state index contributed by atoms with van der Waals surface area (Å²) in [5.74, 6) is 0. The van der Waals surface area contributed by atoms with Crippen LogP contribution in [-0.2, 0) is 17.7 Å². The van der Waals surface area contributed by atoms with Crippen molar-refractivity contribution in [3.63, 3.8) is 0 Å². The number of aromatic nitrogens is 1. The maximum absolute atomic E-state index is 5.79. The minimum absolute atomic E-state index is 0.469. The lowest BCUT2D eigenvalue weighted by molar-refractivity contribution is 0.0125. The number of benzene rings is 1. The Hall–Kier alpha value is -1.32. The van der Waals surface area contributed by atoms with Crippen molar-refractivity contribution in [1.82, 2.24) is 9.88 Å². The molecule has 0 unspecified atom stereocenters. The molecule has 0 aliphatic carbocycles. The van der Waals surface area contributed by atoms with Gasteiger partial charge in [0.25, 0.3) is 0 Å². The molecule has 1 aliphatic rings. The van der Waals surface area contributed by atoms with Gasteiger partial charge in [0.1, 0.15) is 0 Å². The lowest BCUT2D eigenvalue weighted by atomic mass is 9.95. The van der Waals surface area contributed by atoms with Crippen molar-refractivity contribution in [1.29, 1.82) is 0 Å². The van der Waals surface area contributed by atoms with E-state index in [2.05, 4.69) is 49.0 Å². The first-order valence-corrected chi connectivity index (χ1v) is 9.15. The molecule has 2 heterocycles. The Morgan fingerprint density at radius 1 is 1.26 bits per heavy atom. The molecule has 1 fully saturated rings. The van der Waals surface area contributed by atoms with Crippen LogP contribution in [0.3, 0.4) is 0 Å². The van der Waals surface area contributed by atoms with Gasteiger partial charge in [-0.15, -0.1) is 0 Å². The van der Waals surface area contributed by atoms with Gasteiger partial charge in [-0.3, -0.25) is 4.90 Å². The van der Waals surface area contributed by atoms with Crippen molar-refractivity contribution in [2.45, 2.75) is 59.1 Å². The van der Waals surface area contributed by atoms with E-state index in [1.54, 1.807) is 0 Å². The molecule has 1 saturated heterocycles. The molecule has 3 heteroatoms. The summed E-state index contributed by atoms with van der Waals surface area (Å²) in [7, 11) is 0. The molecule has 3 nitrogen and oxygen atoms in total. The van der Waals surface area contributed by atoms with Crippen LogP contribution in [0, 0.1) is 6.92 Å². The van der Waals surface area contributed by atoms with Crippen molar-refractivity contribution in [3.05, 3.63) is 35.0 Å². The summed E-state index contributed by atoms with van der Waals surface area (Å²) < 4.78 is 5.79. The highest BCUT2D eigenvalue weighted by Gasteiger charge is 2.21. The number of H-pyrrole nitrogens is 1. The quantitative estimate of drug-likeness (QED) is 0.854. The molecule has 3 rings (SSSR count). The normalized spacial score (nSPS) is 17.2. The first-order chi connectivity index (χ1) is 11.2. The number of aryl methyl sites for hydroxylation is 2. The van der Waals surface area contributed by atoms with E-state index < -0.39 is 0 Å². The summed E-state index contributed by atoms with van der Waals surface area (Å²) >= 11 is 0. The van der Waals surface area contributed by atoms with Crippen LogP contribution in [0.1, 0.15) is 49.8 Å². The number of nitrogens with zero attached hydrogens (tertiary/aromatic N) is 1. The minimum Gasteiger partial charge on any atom is -0.378 e. The second kappa shape index (κ2) is 7.50. The highest BCUT2D eigenvalue weighted by molar-refractivity contribution is 5.87. The van der Waals surface area contributed by atoms with E-state index in [1.807, 2.05) is 0 Å². The Labute approximate surface area is 140 Å². The molecule has 1 N–H and O–H groups in total. The zero-order chi connectivity index (χ0) is 16.2. The lowest BCUT2D eigenvalue weighted by Crippen LogP contribution is -2.36. The molecule has 1 aliphatic heterocycles. The molecule has 2 aromatic rings. The van der Waals surface area contributed by atoms with Gasteiger partial charge in [-0.25, -0.2) is 0 Å².